The molecule has 11 heteroatoms. The Hall–Kier alpha value is -2.62. The molecule has 180 valence electrons. The van der Waals surface area contributed by atoms with Crippen LogP contribution in [-0.4, -0.2) is 42.7 Å². The first-order valence-electron chi connectivity index (χ1n) is 11.6. The molecule has 0 saturated heterocycles. The predicted octanol–water partition coefficient (Wildman–Crippen LogP) is 4.42. The SMILES string of the molecule is NC(=O)C1CCC(n2c(Nc3ccc(Cl)cc3Cl)nc3cnc(N[C@@H]4CCC[C@H]4O)nc32)CC1. The van der Waals surface area contributed by atoms with Gasteiger partial charge in [-0.3, -0.25) is 9.36 Å². The van der Waals surface area contributed by atoms with Crippen molar-refractivity contribution in [3.05, 3.63) is 34.4 Å². The molecule has 0 spiro atoms. The fraction of sp³-hybridized carbons (Fsp3) is 0.478. The van der Waals surface area contributed by atoms with Crippen LogP contribution in [0.5, 0.6) is 0 Å². The zero-order valence-corrected chi connectivity index (χ0v) is 20.1. The number of aliphatic hydroxyl groups excluding tert-OH is 1. The first kappa shape index (κ1) is 23.1. The molecule has 2 fully saturated rings. The monoisotopic (exact) mass is 503 g/mol. The molecule has 2 aliphatic rings. The average molecular weight is 504 g/mol. The highest BCUT2D eigenvalue weighted by molar-refractivity contribution is 6.36. The van der Waals surface area contributed by atoms with Crippen LogP contribution in [0.1, 0.15) is 51.0 Å². The Kier molecular flexibility index (Phi) is 6.50. The Morgan fingerprint density at radius 1 is 1.12 bits per heavy atom. The molecular weight excluding hydrogens is 477 g/mol. The third-order valence-electron chi connectivity index (χ3n) is 6.87. The minimum absolute atomic E-state index is 0.0645. The number of hydrogen-bond acceptors (Lipinski definition) is 7. The lowest BCUT2D eigenvalue weighted by atomic mass is 9.85. The van der Waals surface area contributed by atoms with Gasteiger partial charge in [0.15, 0.2) is 5.65 Å². The lowest BCUT2D eigenvalue weighted by Gasteiger charge is -2.29. The number of nitrogens with zero attached hydrogens (tertiary/aromatic N) is 4. The van der Waals surface area contributed by atoms with Crippen molar-refractivity contribution < 1.29 is 9.90 Å². The van der Waals surface area contributed by atoms with Gasteiger partial charge in [0.2, 0.25) is 17.8 Å². The van der Waals surface area contributed by atoms with E-state index in [1.807, 2.05) is 0 Å². The number of benzene rings is 1. The van der Waals surface area contributed by atoms with Gasteiger partial charge in [0.25, 0.3) is 0 Å². The summed E-state index contributed by atoms with van der Waals surface area (Å²) < 4.78 is 2.06. The van der Waals surface area contributed by atoms with Gasteiger partial charge in [-0.1, -0.05) is 23.2 Å². The number of primary amides is 1. The third-order valence-corrected chi connectivity index (χ3v) is 7.42. The predicted molar refractivity (Wildman–Crippen MR) is 133 cm³/mol. The second-order valence-corrected chi connectivity index (χ2v) is 9.96. The summed E-state index contributed by atoms with van der Waals surface area (Å²) >= 11 is 12.5. The van der Waals surface area contributed by atoms with E-state index in [4.69, 9.17) is 38.9 Å². The van der Waals surface area contributed by atoms with Crippen molar-refractivity contribution in [2.24, 2.45) is 11.7 Å². The van der Waals surface area contributed by atoms with Gasteiger partial charge in [-0.25, -0.2) is 9.97 Å². The van der Waals surface area contributed by atoms with Crippen LogP contribution < -0.4 is 16.4 Å². The minimum Gasteiger partial charge on any atom is -0.391 e. The highest BCUT2D eigenvalue weighted by atomic mass is 35.5. The number of halogens is 2. The highest BCUT2D eigenvalue weighted by Gasteiger charge is 2.30. The first-order valence-corrected chi connectivity index (χ1v) is 12.4. The normalized spacial score (nSPS) is 24.9. The number of nitrogens with one attached hydrogen (secondary N) is 2. The topological polar surface area (TPSA) is 131 Å². The molecule has 5 N–H and O–H groups in total. The quantitative estimate of drug-likeness (QED) is 0.391. The molecule has 2 heterocycles. The van der Waals surface area contributed by atoms with Crippen molar-refractivity contribution in [3.8, 4) is 0 Å². The van der Waals surface area contributed by atoms with E-state index in [1.165, 1.54) is 0 Å². The van der Waals surface area contributed by atoms with Crippen LogP contribution in [0.15, 0.2) is 24.4 Å². The maximum Gasteiger partial charge on any atom is 0.225 e. The molecule has 0 bridgehead atoms. The minimum atomic E-state index is -0.405. The number of hydrogen-bond donors (Lipinski definition) is 4. The number of anilines is 3. The fourth-order valence-electron chi connectivity index (χ4n) is 5.00. The average Bonchev–Trinajstić information content (AvgIpc) is 3.38. The number of imidazole rings is 1. The lowest BCUT2D eigenvalue weighted by molar-refractivity contribution is -0.122. The van der Waals surface area contributed by atoms with Gasteiger partial charge >= 0.3 is 0 Å². The lowest BCUT2D eigenvalue weighted by Crippen LogP contribution is -2.29. The van der Waals surface area contributed by atoms with Crippen LogP contribution >= 0.6 is 23.2 Å². The smallest absolute Gasteiger partial charge is 0.225 e. The maximum atomic E-state index is 11.7. The van der Waals surface area contributed by atoms with Gasteiger partial charge in [-0.05, 0) is 63.1 Å². The molecule has 2 saturated carbocycles. The Balaban J connectivity index is 1.51. The summed E-state index contributed by atoms with van der Waals surface area (Å²) in [5, 5.41) is 17.8. The number of aromatic nitrogens is 4. The molecule has 9 nitrogen and oxygen atoms in total. The number of nitrogens with two attached hydrogens (primary N) is 1. The van der Waals surface area contributed by atoms with Crippen LogP contribution in [0, 0.1) is 5.92 Å². The van der Waals surface area contributed by atoms with E-state index in [0.29, 0.717) is 51.6 Å². The van der Waals surface area contributed by atoms with E-state index in [2.05, 4.69) is 20.2 Å². The fourth-order valence-corrected chi connectivity index (χ4v) is 5.45. The molecule has 2 aliphatic carbocycles. The van der Waals surface area contributed by atoms with Crippen molar-refractivity contribution in [2.75, 3.05) is 10.6 Å². The second kappa shape index (κ2) is 9.56. The van der Waals surface area contributed by atoms with E-state index in [1.54, 1.807) is 24.4 Å². The summed E-state index contributed by atoms with van der Waals surface area (Å²) in [6.07, 6.45) is 6.88. The van der Waals surface area contributed by atoms with E-state index < -0.39 is 6.10 Å². The van der Waals surface area contributed by atoms with Crippen LogP contribution in [0.4, 0.5) is 17.6 Å². The summed E-state index contributed by atoms with van der Waals surface area (Å²) in [7, 11) is 0. The standard InChI is InChI=1S/C23H27Cl2N7O2/c24-13-6-9-16(15(25)10-13)29-23-30-18-11-27-22(28-17-2-1-3-19(17)33)31-21(18)32(23)14-7-4-12(5-8-14)20(26)34/h6,9-12,14,17,19,33H,1-5,7-8H2,(H2,26,34)(H,29,30)(H,27,28,31)/t12?,14?,17-,19-/m1/s1. The number of carbonyl (C=O) groups excluding carboxylic acids is 1. The Bertz CT molecular complexity index is 1210. The molecule has 2 atom stereocenters. The first-order chi connectivity index (χ1) is 16.4. The largest absolute Gasteiger partial charge is 0.391 e. The molecule has 0 aliphatic heterocycles. The van der Waals surface area contributed by atoms with Crippen LogP contribution in [0.3, 0.4) is 0 Å². The van der Waals surface area contributed by atoms with Gasteiger partial charge in [0, 0.05) is 17.0 Å². The van der Waals surface area contributed by atoms with Crippen molar-refractivity contribution in [2.45, 2.75) is 63.1 Å². The van der Waals surface area contributed by atoms with E-state index in [-0.39, 0.29) is 23.9 Å². The molecule has 2 aromatic heterocycles. The maximum absolute atomic E-state index is 11.7. The summed E-state index contributed by atoms with van der Waals surface area (Å²) in [5.74, 6) is 0.698. The van der Waals surface area contributed by atoms with Crippen molar-refractivity contribution in [1.82, 2.24) is 19.5 Å². The molecule has 1 amide bonds. The summed E-state index contributed by atoms with van der Waals surface area (Å²) in [6.45, 7) is 0. The van der Waals surface area contributed by atoms with Crippen molar-refractivity contribution in [3.63, 3.8) is 0 Å². The number of carbonyl (C=O) groups is 1. The number of rotatable bonds is 6. The van der Waals surface area contributed by atoms with E-state index >= 15 is 0 Å². The molecule has 5 rings (SSSR count). The van der Waals surface area contributed by atoms with Crippen LogP contribution in [0.2, 0.25) is 10.0 Å². The highest BCUT2D eigenvalue weighted by Crippen LogP contribution is 2.38. The molecule has 34 heavy (non-hydrogen) atoms. The molecule has 0 unspecified atom stereocenters. The summed E-state index contributed by atoms with van der Waals surface area (Å²) in [5.41, 5.74) is 7.54. The molecular formula is C23H27Cl2N7O2. The zero-order valence-electron chi connectivity index (χ0n) is 18.5. The Morgan fingerprint density at radius 3 is 2.59 bits per heavy atom. The Labute approximate surface area is 207 Å². The number of fused-ring (bicyclic) bond motifs is 1. The number of amides is 1. The second-order valence-electron chi connectivity index (χ2n) is 9.11. The molecule has 1 aromatic carbocycles. The molecule has 3 aromatic rings. The van der Waals surface area contributed by atoms with Crippen LogP contribution in [-0.2, 0) is 4.79 Å². The number of aliphatic hydroxyl groups is 1. The van der Waals surface area contributed by atoms with E-state index in [9.17, 15) is 9.90 Å². The van der Waals surface area contributed by atoms with Gasteiger partial charge in [0.1, 0.15) is 5.52 Å². The summed E-state index contributed by atoms with van der Waals surface area (Å²) in [6, 6.07) is 5.25. The van der Waals surface area contributed by atoms with Crippen molar-refractivity contribution in [1.29, 1.82) is 0 Å². The Morgan fingerprint density at radius 2 is 1.91 bits per heavy atom. The van der Waals surface area contributed by atoms with E-state index in [0.717, 1.165) is 32.1 Å². The van der Waals surface area contributed by atoms with Gasteiger partial charge in [0.05, 0.1) is 29.1 Å². The van der Waals surface area contributed by atoms with Gasteiger partial charge in [-0.15, -0.1) is 0 Å². The molecule has 0 radical (unpaired) electrons. The third kappa shape index (κ3) is 4.64. The van der Waals surface area contributed by atoms with Crippen LogP contribution in [0.25, 0.3) is 11.2 Å². The van der Waals surface area contributed by atoms with Crippen molar-refractivity contribution >= 4 is 57.9 Å². The summed E-state index contributed by atoms with van der Waals surface area (Å²) in [4.78, 5) is 25.7. The van der Waals surface area contributed by atoms with Gasteiger partial charge < -0.3 is 21.5 Å². The van der Waals surface area contributed by atoms with Gasteiger partial charge in [-0.2, -0.15) is 4.98 Å². The zero-order chi connectivity index (χ0) is 23.8.